The van der Waals surface area contributed by atoms with E-state index in [1.165, 1.54) is 5.56 Å². The first-order valence-corrected chi connectivity index (χ1v) is 10.4. The predicted molar refractivity (Wildman–Crippen MR) is 122 cm³/mol. The summed E-state index contributed by atoms with van der Waals surface area (Å²) in [6.07, 6.45) is 0. The Balaban J connectivity index is 1.51. The fraction of sp³-hybridized carbons (Fsp3) is 0.240. The molecule has 0 aliphatic heterocycles. The van der Waals surface area contributed by atoms with Crippen LogP contribution in [0.2, 0.25) is 0 Å². The molecule has 158 valence electrons. The largest absolute Gasteiger partial charge is 0.319 e. The molecule has 0 radical (unpaired) electrons. The van der Waals surface area contributed by atoms with E-state index >= 15 is 0 Å². The number of benzene rings is 2. The van der Waals surface area contributed by atoms with Crippen LogP contribution in [0.1, 0.15) is 44.3 Å². The van der Waals surface area contributed by atoms with Crippen LogP contribution < -0.4 is 5.32 Å². The number of aryl methyl sites for hydroxylation is 3. The van der Waals surface area contributed by atoms with Crippen molar-refractivity contribution in [2.75, 3.05) is 5.32 Å². The Morgan fingerprint density at radius 3 is 2.26 bits per heavy atom. The average molecular weight is 414 g/mol. The first kappa shape index (κ1) is 20.6. The number of aromatic nitrogens is 4. The summed E-state index contributed by atoms with van der Waals surface area (Å²) in [5, 5.41) is 12.2. The average Bonchev–Trinajstić information content (AvgIpc) is 3.20. The molecule has 0 saturated carbocycles. The molecule has 6 heteroatoms. The van der Waals surface area contributed by atoms with Gasteiger partial charge in [-0.1, -0.05) is 42.5 Å². The molecule has 0 spiro atoms. The minimum atomic E-state index is -0.138. The van der Waals surface area contributed by atoms with Gasteiger partial charge in [0, 0.05) is 11.3 Å². The fourth-order valence-electron chi connectivity index (χ4n) is 3.79. The van der Waals surface area contributed by atoms with Crippen molar-refractivity contribution in [3.8, 4) is 0 Å². The predicted octanol–water partition coefficient (Wildman–Crippen LogP) is 4.66. The number of anilines is 1. The number of hydrogen-bond donors (Lipinski definition) is 1. The number of amides is 1. The quantitative estimate of drug-likeness (QED) is 0.500. The van der Waals surface area contributed by atoms with Crippen molar-refractivity contribution in [3.05, 3.63) is 100 Å². The smallest absolute Gasteiger partial charge is 0.255 e. The van der Waals surface area contributed by atoms with Gasteiger partial charge in [0.15, 0.2) is 0 Å². The summed E-state index contributed by atoms with van der Waals surface area (Å²) in [5.41, 5.74) is 7.43. The lowest BCUT2D eigenvalue weighted by atomic mass is 10.1. The number of nitrogens with zero attached hydrogens (tertiary/aromatic N) is 4. The van der Waals surface area contributed by atoms with Crippen LogP contribution >= 0.6 is 0 Å². The molecular formula is C25H27N5O. The highest BCUT2D eigenvalue weighted by molar-refractivity contribution is 6.05. The highest BCUT2D eigenvalue weighted by atomic mass is 16.1. The number of carbonyl (C=O) groups is 1. The standard InChI is InChI=1S/C25H27N5O/c1-17-13-18(2)29(27-17)16-22-11-8-12-23(14-22)25(31)26-24-19(3)28-30(20(24)4)15-21-9-6-5-7-10-21/h5-14H,15-16H2,1-4H3,(H,26,31). The molecule has 6 nitrogen and oxygen atoms in total. The highest BCUT2D eigenvalue weighted by Crippen LogP contribution is 2.22. The zero-order valence-corrected chi connectivity index (χ0v) is 18.4. The molecule has 0 bridgehead atoms. The summed E-state index contributed by atoms with van der Waals surface area (Å²) in [6, 6.07) is 19.9. The van der Waals surface area contributed by atoms with Crippen molar-refractivity contribution in [3.63, 3.8) is 0 Å². The van der Waals surface area contributed by atoms with Gasteiger partial charge in [0.05, 0.1) is 35.9 Å². The lowest BCUT2D eigenvalue weighted by molar-refractivity contribution is 0.102. The lowest BCUT2D eigenvalue weighted by Gasteiger charge is -2.09. The van der Waals surface area contributed by atoms with E-state index in [1.54, 1.807) is 0 Å². The summed E-state index contributed by atoms with van der Waals surface area (Å²) in [6.45, 7) is 9.22. The Labute approximate surface area is 182 Å². The van der Waals surface area contributed by atoms with E-state index in [4.69, 9.17) is 0 Å². The van der Waals surface area contributed by atoms with Gasteiger partial charge in [0.1, 0.15) is 0 Å². The van der Waals surface area contributed by atoms with Crippen LogP contribution in [0.4, 0.5) is 5.69 Å². The van der Waals surface area contributed by atoms with Gasteiger partial charge in [-0.2, -0.15) is 10.2 Å². The van der Waals surface area contributed by atoms with Gasteiger partial charge in [0.2, 0.25) is 0 Å². The molecule has 31 heavy (non-hydrogen) atoms. The third kappa shape index (κ3) is 4.58. The molecule has 0 fully saturated rings. The number of hydrogen-bond acceptors (Lipinski definition) is 3. The Bertz CT molecular complexity index is 1220. The van der Waals surface area contributed by atoms with E-state index < -0.39 is 0 Å². The van der Waals surface area contributed by atoms with E-state index in [2.05, 4.69) is 33.7 Å². The maximum Gasteiger partial charge on any atom is 0.255 e. The third-order valence-corrected chi connectivity index (χ3v) is 5.42. The fourth-order valence-corrected chi connectivity index (χ4v) is 3.79. The van der Waals surface area contributed by atoms with Crippen LogP contribution in [0.5, 0.6) is 0 Å². The topological polar surface area (TPSA) is 64.7 Å². The molecular weight excluding hydrogens is 386 g/mol. The summed E-state index contributed by atoms with van der Waals surface area (Å²) in [7, 11) is 0. The SMILES string of the molecule is Cc1cc(C)n(Cc2cccc(C(=O)Nc3c(C)nn(Cc4ccccc4)c3C)c2)n1. The Morgan fingerprint density at radius 2 is 1.55 bits per heavy atom. The van der Waals surface area contributed by atoms with E-state index in [1.807, 2.05) is 79.5 Å². The number of carbonyl (C=O) groups excluding carboxylic acids is 1. The normalized spacial score (nSPS) is 11.0. The van der Waals surface area contributed by atoms with Gasteiger partial charge in [-0.15, -0.1) is 0 Å². The van der Waals surface area contributed by atoms with Gasteiger partial charge in [-0.25, -0.2) is 0 Å². The van der Waals surface area contributed by atoms with Crippen molar-refractivity contribution in [1.82, 2.24) is 19.6 Å². The van der Waals surface area contributed by atoms with Gasteiger partial charge in [-0.05, 0) is 57.0 Å². The molecule has 1 N–H and O–H groups in total. The second-order valence-electron chi connectivity index (χ2n) is 7.93. The zero-order chi connectivity index (χ0) is 22.0. The van der Waals surface area contributed by atoms with E-state index in [9.17, 15) is 4.79 Å². The van der Waals surface area contributed by atoms with Crippen molar-refractivity contribution in [2.24, 2.45) is 0 Å². The highest BCUT2D eigenvalue weighted by Gasteiger charge is 2.16. The number of nitrogens with one attached hydrogen (secondary N) is 1. The Kier molecular flexibility index (Phi) is 5.71. The van der Waals surface area contributed by atoms with Gasteiger partial charge in [0.25, 0.3) is 5.91 Å². The van der Waals surface area contributed by atoms with Crippen LogP contribution in [0.3, 0.4) is 0 Å². The molecule has 2 heterocycles. The Hall–Kier alpha value is -3.67. The monoisotopic (exact) mass is 413 g/mol. The molecule has 2 aromatic heterocycles. The number of rotatable bonds is 6. The maximum atomic E-state index is 13.0. The molecule has 0 aliphatic rings. The second kappa shape index (κ2) is 8.60. The zero-order valence-electron chi connectivity index (χ0n) is 18.4. The molecule has 1 amide bonds. The molecule has 4 aromatic rings. The van der Waals surface area contributed by atoms with E-state index in [-0.39, 0.29) is 5.91 Å². The first-order valence-electron chi connectivity index (χ1n) is 10.4. The molecule has 0 unspecified atom stereocenters. The Morgan fingerprint density at radius 1 is 0.839 bits per heavy atom. The van der Waals surface area contributed by atoms with Crippen LogP contribution in [0.25, 0.3) is 0 Å². The van der Waals surface area contributed by atoms with Crippen molar-refractivity contribution in [2.45, 2.75) is 40.8 Å². The van der Waals surface area contributed by atoms with Crippen molar-refractivity contribution < 1.29 is 4.79 Å². The minimum Gasteiger partial charge on any atom is -0.319 e. The second-order valence-corrected chi connectivity index (χ2v) is 7.93. The summed E-state index contributed by atoms with van der Waals surface area (Å²) in [5.74, 6) is -0.138. The van der Waals surface area contributed by atoms with Gasteiger partial charge >= 0.3 is 0 Å². The van der Waals surface area contributed by atoms with Crippen LogP contribution in [-0.2, 0) is 13.1 Å². The van der Waals surface area contributed by atoms with E-state index in [0.717, 1.165) is 34.0 Å². The van der Waals surface area contributed by atoms with Crippen molar-refractivity contribution >= 4 is 11.6 Å². The summed E-state index contributed by atoms with van der Waals surface area (Å²) < 4.78 is 3.88. The summed E-state index contributed by atoms with van der Waals surface area (Å²) >= 11 is 0. The van der Waals surface area contributed by atoms with E-state index in [0.29, 0.717) is 18.7 Å². The summed E-state index contributed by atoms with van der Waals surface area (Å²) in [4.78, 5) is 13.0. The maximum absolute atomic E-state index is 13.0. The van der Waals surface area contributed by atoms with Crippen LogP contribution in [0, 0.1) is 27.7 Å². The van der Waals surface area contributed by atoms with Crippen LogP contribution in [0.15, 0.2) is 60.7 Å². The molecule has 0 aliphatic carbocycles. The molecule has 0 saturated heterocycles. The molecule has 0 atom stereocenters. The van der Waals surface area contributed by atoms with Crippen LogP contribution in [-0.4, -0.2) is 25.5 Å². The van der Waals surface area contributed by atoms with Gasteiger partial charge in [-0.3, -0.25) is 14.2 Å². The van der Waals surface area contributed by atoms with Crippen molar-refractivity contribution in [1.29, 1.82) is 0 Å². The lowest BCUT2D eigenvalue weighted by Crippen LogP contribution is -2.14. The molecule has 2 aromatic carbocycles. The molecule has 4 rings (SSSR count). The van der Waals surface area contributed by atoms with Gasteiger partial charge < -0.3 is 5.32 Å². The third-order valence-electron chi connectivity index (χ3n) is 5.42. The first-order chi connectivity index (χ1) is 14.9. The minimum absolute atomic E-state index is 0.138.